The Labute approximate surface area is 119 Å². The van der Waals surface area contributed by atoms with Crippen molar-refractivity contribution in [2.45, 2.75) is 57.3 Å². The Balaban J connectivity index is 1.65. The van der Waals surface area contributed by atoms with E-state index in [1.54, 1.807) is 0 Å². The van der Waals surface area contributed by atoms with Gasteiger partial charge in [0.25, 0.3) is 0 Å². The highest BCUT2D eigenvalue weighted by Crippen LogP contribution is 2.49. The van der Waals surface area contributed by atoms with Crippen molar-refractivity contribution >= 4 is 11.8 Å². The molecule has 4 nitrogen and oxygen atoms in total. The molecular weight excluding hydrogens is 256 g/mol. The highest BCUT2D eigenvalue weighted by Gasteiger charge is 2.39. The van der Waals surface area contributed by atoms with Crippen LogP contribution in [0.5, 0.6) is 0 Å². The van der Waals surface area contributed by atoms with Crippen molar-refractivity contribution in [1.82, 2.24) is 14.8 Å². The van der Waals surface area contributed by atoms with Crippen molar-refractivity contribution in [3.05, 3.63) is 5.82 Å². The first-order chi connectivity index (χ1) is 9.19. The highest BCUT2D eigenvalue weighted by molar-refractivity contribution is 7.99. The van der Waals surface area contributed by atoms with Crippen LogP contribution in [0.3, 0.4) is 0 Å². The zero-order valence-electron chi connectivity index (χ0n) is 11.9. The smallest absolute Gasteiger partial charge is 0.191 e. The van der Waals surface area contributed by atoms with Gasteiger partial charge in [0.05, 0.1) is 6.54 Å². The van der Waals surface area contributed by atoms with Gasteiger partial charge in [-0.25, -0.2) is 0 Å². The van der Waals surface area contributed by atoms with E-state index in [4.69, 9.17) is 5.73 Å². The number of nitrogens with two attached hydrogens (primary N) is 1. The molecule has 1 aromatic rings. The maximum Gasteiger partial charge on any atom is 0.191 e. The van der Waals surface area contributed by atoms with Gasteiger partial charge in [-0.3, -0.25) is 0 Å². The standard InChI is InChI=1S/C14H24N4S/c1-9(2)18-13(7-15)16-17-14(18)19-8-12-6-10-3-4-11(12)5-10/h9-12H,3-8,15H2,1-2H3. The molecule has 0 amide bonds. The molecule has 106 valence electrons. The minimum atomic E-state index is 0.385. The summed E-state index contributed by atoms with van der Waals surface area (Å²) in [7, 11) is 0. The Morgan fingerprint density at radius 2 is 2.16 bits per heavy atom. The van der Waals surface area contributed by atoms with E-state index < -0.39 is 0 Å². The Bertz CT molecular complexity index is 443. The van der Waals surface area contributed by atoms with E-state index in [0.29, 0.717) is 12.6 Å². The SMILES string of the molecule is CC(C)n1c(CN)nnc1SCC1CC2CCC1C2. The van der Waals surface area contributed by atoms with E-state index in [-0.39, 0.29) is 0 Å². The van der Waals surface area contributed by atoms with Crippen molar-refractivity contribution < 1.29 is 0 Å². The summed E-state index contributed by atoms with van der Waals surface area (Å²) in [6, 6.07) is 0.385. The second-order valence-corrected chi connectivity index (χ2v) is 7.30. The Morgan fingerprint density at radius 1 is 1.32 bits per heavy atom. The molecule has 3 unspecified atom stereocenters. The van der Waals surface area contributed by atoms with E-state index in [0.717, 1.165) is 28.7 Å². The molecule has 0 spiro atoms. The summed E-state index contributed by atoms with van der Waals surface area (Å²) in [6.07, 6.45) is 5.86. The molecule has 5 heteroatoms. The first-order valence-corrected chi connectivity index (χ1v) is 8.44. The van der Waals surface area contributed by atoms with Crippen molar-refractivity contribution in [2.75, 3.05) is 5.75 Å². The van der Waals surface area contributed by atoms with Gasteiger partial charge in [-0.15, -0.1) is 10.2 Å². The molecule has 2 N–H and O–H groups in total. The molecule has 1 heterocycles. The maximum absolute atomic E-state index is 5.74. The van der Waals surface area contributed by atoms with E-state index in [2.05, 4.69) is 28.6 Å². The molecule has 19 heavy (non-hydrogen) atoms. The lowest BCUT2D eigenvalue weighted by Gasteiger charge is -2.21. The molecule has 0 aliphatic heterocycles. The van der Waals surface area contributed by atoms with Crippen LogP contribution in [-0.4, -0.2) is 20.5 Å². The van der Waals surface area contributed by atoms with Gasteiger partial charge in [0.2, 0.25) is 0 Å². The van der Waals surface area contributed by atoms with Gasteiger partial charge in [0.1, 0.15) is 5.82 Å². The third-order valence-electron chi connectivity index (χ3n) is 4.75. The van der Waals surface area contributed by atoms with E-state index in [9.17, 15) is 0 Å². The minimum absolute atomic E-state index is 0.385. The summed E-state index contributed by atoms with van der Waals surface area (Å²) in [6.45, 7) is 4.81. The predicted molar refractivity (Wildman–Crippen MR) is 78.0 cm³/mol. The molecule has 0 saturated heterocycles. The summed E-state index contributed by atoms with van der Waals surface area (Å²) in [5.74, 6) is 5.03. The van der Waals surface area contributed by atoms with Gasteiger partial charge < -0.3 is 10.3 Å². The topological polar surface area (TPSA) is 56.7 Å². The van der Waals surface area contributed by atoms with E-state index in [1.807, 2.05) is 11.8 Å². The molecule has 1 aromatic heterocycles. The van der Waals surface area contributed by atoms with Crippen molar-refractivity contribution in [2.24, 2.45) is 23.5 Å². The van der Waals surface area contributed by atoms with Crippen LogP contribution in [0, 0.1) is 17.8 Å². The van der Waals surface area contributed by atoms with Gasteiger partial charge >= 0.3 is 0 Å². The van der Waals surface area contributed by atoms with Crippen LogP contribution in [0.1, 0.15) is 51.4 Å². The van der Waals surface area contributed by atoms with Crippen molar-refractivity contribution in [3.8, 4) is 0 Å². The first-order valence-electron chi connectivity index (χ1n) is 7.45. The van der Waals surface area contributed by atoms with E-state index in [1.165, 1.54) is 31.4 Å². The third-order valence-corrected chi connectivity index (χ3v) is 5.88. The molecule has 3 atom stereocenters. The third kappa shape index (κ3) is 2.55. The largest absolute Gasteiger partial charge is 0.324 e. The van der Waals surface area contributed by atoms with Crippen LogP contribution in [0.15, 0.2) is 5.16 Å². The number of aromatic nitrogens is 3. The average molecular weight is 280 g/mol. The second kappa shape index (κ2) is 5.44. The van der Waals surface area contributed by atoms with Crippen LogP contribution in [0.25, 0.3) is 0 Å². The van der Waals surface area contributed by atoms with Crippen molar-refractivity contribution in [1.29, 1.82) is 0 Å². The molecule has 2 aliphatic rings. The van der Waals surface area contributed by atoms with Gasteiger partial charge in [0.15, 0.2) is 5.16 Å². The lowest BCUT2D eigenvalue weighted by atomic mass is 9.90. The average Bonchev–Trinajstić information content (AvgIpc) is 3.10. The van der Waals surface area contributed by atoms with Crippen LogP contribution in [-0.2, 0) is 6.54 Å². The molecule has 2 bridgehead atoms. The van der Waals surface area contributed by atoms with E-state index >= 15 is 0 Å². The normalized spacial score (nSPS) is 29.6. The lowest BCUT2D eigenvalue weighted by molar-refractivity contribution is 0.365. The zero-order valence-corrected chi connectivity index (χ0v) is 12.7. The second-order valence-electron chi connectivity index (χ2n) is 6.31. The van der Waals surface area contributed by atoms with Crippen LogP contribution >= 0.6 is 11.8 Å². The number of nitrogens with zero attached hydrogens (tertiary/aromatic N) is 3. The van der Waals surface area contributed by atoms with Crippen LogP contribution in [0.2, 0.25) is 0 Å². The maximum atomic E-state index is 5.74. The summed E-state index contributed by atoms with van der Waals surface area (Å²) >= 11 is 1.88. The van der Waals surface area contributed by atoms with Gasteiger partial charge in [-0.2, -0.15) is 0 Å². The van der Waals surface area contributed by atoms with Crippen LogP contribution in [0.4, 0.5) is 0 Å². The monoisotopic (exact) mass is 280 g/mol. The summed E-state index contributed by atoms with van der Waals surface area (Å²) in [5, 5.41) is 9.60. The fraction of sp³-hybridized carbons (Fsp3) is 0.857. The molecule has 2 saturated carbocycles. The highest BCUT2D eigenvalue weighted by atomic mass is 32.2. The fourth-order valence-corrected chi connectivity index (χ4v) is 5.15. The van der Waals surface area contributed by atoms with Crippen molar-refractivity contribution in [3.63, 3.8) is 0 Å². The Morgan fingerprint density at radius 3 is 2.74 bits per heavy atom. The molecule has 2 fully saturated rings. The molecule has 0 radical (unpaired) electrons. The summed E-state index contributed by atoms with van der Waals surface area (Å²) in [4.78, 5) is 0. The summed E-state index contributed by atoms with van der Waals surface area (Å²) < 4.78 is 2.19. The Hall–Kier alpha value is -0.550. The number of hydrogen-bond donors (Lipinski definition) is 1. The number of rotatable bonds is 5. The molecule has 0 aromatic carbocycles. The van der Waals surface area contributed by atoms with Gasteiger partial charge in [0, 0.05) is 11.8 Å². The first kappa shape index (κ1) is 13.4. The number of hydrogen-bond acceptors (Lipinski definition) is 4. The number of fused-ring (bicyclic) bond motifs is 2. The van der Waals surface area contributed by atoms with Gasteiger partial charge in [-0.05, 0) is 50.9 Å². The zero-order chi connectivity index (χ0) is 13.4. The molecular formula is C14H24N4S. The quantitative estimate of drug-likeness (QED) is 0.843. The predicted octanol–water partition coefficient (Wildman–Crippen LogP) is 2.85. The van der Waals surface area contributed by atoms with Gasteiger partial charge in [-0.1, -0.05) is 18.2 Å². The van der Waals surface area contributed by atoms with Crippen LogP contribution < -0.4 is 5.73 Å². The number of thioether (sulfide) groups is 1. The minimum Gasteiger partial charge on any atom is -0.324 e. The Kier molecular flexibility index (Phi) is 3.85. The summed E-state index contributed by atoms with van der Waals surface area (Å²) in [5.41, 5.74) is 5.74. The molecule has 2 aliphatic carbocycles. The molecule has 3 rings (SSSR count). The lowest BCUT2D eigenvalue weighted by Crippen LogP contribution is -2.14. The fourth-order valence-electron chi connectivity index (χ4n) is 3.83.